The fourth-order valence-corrected chi connectivity index (χ4v) is 13.7. The molecule has 2 heterocycles. The van der Waals surface area contributed by atoms with E-state index in [-0.39, 0.29) is 51.6 Å². The number of hydrogen-bond donors (Lipinski definition) is 7. The highest BCUT2D eigenvalue weighted by atomic mass is 16.7. The van der Waals surface area contributed by atoms with Gasteiger partial charge in [-0.3, -0.25) is 0 Å². The highest BCUT2D eigenvalue weighted by Gasteiger charge is 2.85. The molecular weight excluding hydrogens is 592 g/mol. The predicted octanol–water partition coefficient (Wildman–Crippen LogP) is 2.26. The SMILES string of the molecule is CC(C)(O)[C@@H]1CC[C@@](C)([C@H]2[C@@H](O)C[C@@]3(C)[C@@H]4C[C@H](O)[C@H]5C(C)(C)[C@@H](O[C@H]6O[C@@H](CO)[C@H](O)[C@H](O)[C@@H]6O)CC[C@@]56C[C@@]46CC[C@]23C)O1. The van der Waals surface area contributed by atoms with Gasteiger partial charge in [0.2, 0.25) is 0 Å². The van der Waals surface area contributed by atoms with E-state index in [2.05, 4.69) is 34.6 Å². The van der Waals surface area contributed by atoms with Crippen molar-refractivity contribution < 1.29 is 50.0 Å². The summed E-state index contributed by atoms with van der Waals surface area (Å²) in [6.45, 7) is 14.3. The van der Waals surface area contributed by atoms with Gasteiger partial charge in [0, 0.05) is 5.92 Å². The van der Waals surface area contributed by atoms with Crippen LogP contribution in [0.2, 0.25) is 0 Å². The lowest BCUT2D eigenvalue weighted by Gasteiger charge is -2.64. The molecule has 0 aromatic heterocycles. The maximum absolute atomic E-state index is 12.2. The van der Waals surface area contributed by atoms with Crippen LogP contribution in [0.4, 0.5) is 0 Å². The summed E-state index contributed by atoms with van der Waals surface area (Å²) in [6, 6.07) is 0. The van der Waals surface area contributed by atoms with Crippen molar-refractivity contribution in [3.8, 4) is 0 Å². The first kappa shape index (κ1) is 34.1. The molecule has 5 saturated carbocycles. The lowest BCUT2D eigenvalue weighted by molar-refractivity contribution is -0.329. The molecule has 5 aliphatic carbocycles. The fourth-order valence-electron chi connectivity index (χ4n) is 13.7. The number of rotatable bonds is 5. The Morgan fingerprint density at radius 2 is 1.48 bits per heavy atom. The van der Waals surface area contributed by atoms with Gasteiger partial charge in [-0.15, -0.1) is 0 Å². The minimum atomic E-state index is -1.50. The first-order valence-electron chi connectivity index (χ1n) is 17.9. The first-order chi connectivity index (χ1) is 21.2. The van der Waals surface area contributed by atoms with Gasteiger partial charge in [-0.2, -0.15) is 0 Å². The number of ether oxygens (including phenoxy) is 3. The minimum Gasteiger partial charge on any atom is -0.394 e. The second kappa shape index (κ2) is 10.3. The van der Waals surface area contributed by atoms with Crippen LogP contribution in [0.15, 0.2) is 0 Å². The zero-order valence-corrected chi connectivity index (χ0v) is 28.9. The van der Waals surface area contributed by atoms with Crippen molar-refractivity contribution in [3.63, 3.8) is 0 Å². The Morgan fingerprint density at radius 3 is 2.11 bits per heavy atom. The molecule has 2 aliphatic heterocycles. The molecule has 7 fully saturated rings. The molecule has 2 spiro atoms. The lowest BCUT2D eigenvalue weighted by atomic mass is 9.41. The van der Waals surface area contributed by atoms with Crippen molar-refractivity contribution in [2.45, 2.75) is 173 Å². The van der Waals surface area contributed by atoms with Gasteiger partial charge in [-0.05, 0) is 117 Å². The van der Waals surface area contributed by atoms with Crippen molar-refractivity contribution >= 4 is 0 Å². The van der Waals surface area contributed by atoms with Crippen LogP contribution in [0.1, 0.15) is 106 Å². The van der Waals surface area contributed by atoms with Crippen LogP contribution in [0.5, 0.6) is 0 Å². The van der Waals surface area contributed by atoms with Crippen molar-refractivity contribution in [3.05, 3.63) is 0 Å². The molecule has 7 N–H and O–H groups in total. The summed E-state index contributed by atoms with van der Waals surface area (Å²) in [5, 5.41) is 75.9. The molecule has 0 aromatic carbocycles. The van der Waals surface area contributed by atoms with Gasteiger partial charge < -0.3 is 50.0 Å². The fraction of sp³-hybridized carbons (Fsp3) is 1.00. The summed E-state index contributed by atoms with van der Waals surface area (Å²) >= 11 is 0. The Morgan fingerprint density at radius 1 is 0.783 bits per heavy atom. The smallest absolute Gasteiger partial charge is 0.186 e. The molecule has 2 saturated heterocycles. The van der Waals surface area contributed by atoms with Crippen LogP contribution in [0, 0.1) is 44.8 Å². The third-order valence-corrected chi connectivity index (χ3v) is 15.9. The Kier molecular flexibility index (Phi) is 7.65. The highest BCUT2D eigenvalue weighted by molar-refractivity contribution is 5.33. The van der Waals surface area contributed by atoms with Gasteiger partial charge >= 0.3 is 0 Å². The molecule has 7 rings (SSSR count). The van der Waals surface area contributed by atoms with E-state index in [1.807, 2.05) is 13.8 Å². The van der Waals surface area contributed by atoms with E-state index in [9.17, 15) is 35.7 Å². The number of fused-ring (bicyclic) bond motifs is 2. The lowest BCUT2D eigenvalue weighted by Crippen LogP contribution is -2.64. The largest absolute Gasteiger partial charge is 0.394 e. The van der Waals surface area contributed by atoms with Crippen LogP contribution in [0.25, 0.3) is 0 Å². The normalized spacial score (nSPS) is 59.3. The Balaban J connectivity index is 1.15. The van der Waals surface area contributed by atoms with E-state index in [0.717, 1.165) is 38.5 Å². The standard InChI is InChI=1S/C36H60O10/c1-30(2)22(45-29-26(42)25(41)24(40)20(16-37)44-29)9-11-36-17-35(36)13-12-32(5)28(34(7)10-8-23(46-34)31(3,4)43)19(39)15-33(32,6)21(35)14-18(38)27(30)36/h18-29,37-43H,8-17H2,1-7H3/t18-,19-,20-,21-,22-,23-,24-,25-,26-,27-,28-,29+,32+,33-,34-,35-,36+/m0/s1. The monoisotopic (exact) mass is 652 g/mol. The zero-order chi connectivity index (χ0) is 33.6. The van der Waals surface area contributed by atoms with Crippen molar-refractivity contribution in [2.24, 2.45) is 44.8 Å². The quantitative estimate of drug-likeness (QED) is 0.219. The molecule has 0 amide bonds. The average molecular weight is 653 g/mol. The second-order valence-electron chi connectivity index (χ2n) is 18.7. The molecule has 10 nitrogen and oxygen atoms in total. The van der Waals surface area contributed by atoms with Crippen molar-refractivity contribution in [2.75, 3.05) is 6.61 Å². The van der Waals surface area contributed by atoms with E-state index in [1.54, 1.807) is 0 Å². The van der Waals surface area contributed by atoms with Gasteiger partial charge in [0.25, 0.3) is 0 Å². The molecular formula is C36H60O10. The van der Waals surface area contributed by atoms with E-state index >= 15 is 0 Å². The third-order valence-electron chi connectivity index (χ3n) is 15.9. The summed E-state index contributed by atoms with van der Waals surface area (Å²) in [5.41, 5.74) is -2.26. The van der Waals surface area contributed by atoms with Gasteiger partial charge in [-0.25, -0.2) is 0 Å². The Labute approximate surface area is 273 Å². The Bertz CT molecular complexity index is 1200. The van der Waals surface area contributed by atoms with E-state index in [4.69, 9.17) is 14.2 Å². The van der Waals surface area contributed by atoms with Crippen molar-refractivity contribution in [1.29, 1.82) is 0 Å². The molecule has 264 valence electrons. The maximum Gasteiger partial charge on any atom is 0.186 e. The van der Waals surface area contributed by atoms with Gasteiger partial charge in [-0.1, -0.05) is 27.7 Å². The number of hydrogen-bond acceptors (Lipinski definition) is 10. The molecule has 17 atom stereocenters. The summed E-state index contributed by atoms with van der Waals surface area (Å²) in [7, 11) is 0. The summed E-state index contributed by atoms with van der Waals surface area (Å²) in [4.78, 5) is 0. The molecule has 0 unspecified atom stereocenters. The van der Waals surface area contributed by atoms with E-state index in [0.29, 0.717) is 19.3 Å². The predicted molar refractivity (Wildman–Crippen MR) is 167 cm³/mol. The first-order valence-corrected chi connectivity index (χ1v) is 17.9. The highest BCUT2D eigenvalue weighted by Crippen LogP contribution is 2.89. The molecule has 10 heteroatoms. The minimum absolute atomic E-state index is 0.0295. The molecule has 46 heavy (non-hydrogen) atoms. The molecule has 0 radical (unpaired) electrons. The Hall–Kier alpha value is -0.400. The van der Waals surface area contributed by atoms with Gasteiger partial charge in [0.05, 0.1) is 42.2 Å². The second-order valence-corrected chi connectivity index (χ2v) is 18.7. The zero-order valence-electron chi connectivity index (χ0n) is 28.9. The summed E-state index contributed by atoms with van der Waals surface area (Å²) in [6.07, 6.45) is -0.708. The van der Waals surface area contributed by atoms with Crippen molar-refractivity contribution in [1.82, 2.24) is 0 Å². The van der Waals surface area contributed by atoms with E-state index < -0.39 is 66.1 Å². The van der Waals surface area contributed by atoms with Gasteiger partial charge in [0.15, 0.2) is 6.29 Å². The molecule has 0 aromatic rings. The van der Waals surface area contributed by atoms with Crippen LogP contribution in [-0.2, 0) is 14.2 Å². The van der Waals surface area contributed by atoms with Crippen LogP contribution in [0.3, 0.4) is 0 Å². The van der Waals surface area contributed by atoms with E-state index in [1.165, 1.54) is 0 Å². The number of aliphatic hydroxyl groups excluding tert-OH is 6. The van der Waals surface area contributed by atoms with Crippen LogP contribution in [-0.4, -0.2) is 109 Å². The number of aliphatic hydroxyl groups is 7. The van der Waals surface area contributed by atoms with Crippen LogP contribution >= 0.6 is 0 Å². The van der Waals surface area contributed by atoms with Gasteiger partial charge in [0.1, 0.15) is 24.4 Å². The molecule has 0 bridgehead atoms. The maximum atomic E-state index is 12.2. The molecule has 7 aliphatic rings. The summed E-state index contributed by atoms with van der Waals surface area (Å²) in [5.74, 6) is 0.176. The average Bonchev–Trinajstić information content (AvgIpc) is 3.31. The third kappa shape index (κ3) is 4.24. The summed E-state index contributed by atoms with van der Waals surface area (Å²) < 4.78 is 18.8. The topological polar surface area (TPSA) is 169 Å². The van der Waals surface area contributed by atoms with Crippen LogP contribution < -0.4 is 0 Å².